The number of aliphatic carboxylic acids is 1. The zero-order valence-corrected chi connectivity index (χ0v) is 5.95. The van der Waals surface area contributed by atoms with E-state index >= 15 is 0 Å². The van der Waals surface area contributed by atoms with Gasteiger partial charge in [0.25, 0.3) is 0 Å². The van der Waals surface area contributed by atoms with Crippen LogP contribution < -0.4 is 11.5 Å². The number of rotatable bonds is 1. The average Bonchev–Trinajstić information content (AvgIpc) is 1.85. The molecule has 5 N–H and O–H groups in total. The zero-order valence-electron chi connectivity index (χ0n) is 5.95. The van der Waals surface area contributed by atoms with Gasteiger partial charge in [-0.05, 0) is 0 Å². The van der Waals surface area contributed by atoms with E-state index in [2.05, 4.69) is 0 Å². The Morgan fingerprint density at radius 1 is 1.64 bits per heavy atom. The number of carbonyl (C=O) groups is 1. The quantitative estimate of drug-likeness (QED) is 0.447. The molecule has 0 saturated carbocycles. The van der Waals surface area contributed by atoms with Gasteiger partial charge >= 0.3 is 5.97 Å². The molecule has 11 heavy (non-hydrogen) atoms. The molecule has 0 bridgehead atoms. The second kappa shape index (κ2) is 2.48. The summed E-state index contributed by atoms with van der Waals surface area (Å²) in [5.41, 5.74) is 10.2. The van der Waals surface area contributed by atoms with Crippen LogP contribution in [0.25, 0.3) is 0 Å². The van der Waals surface area contributed by atoms with Crippen LogP contribution in [0.3, 0.4) is 0 Å². The predicted molar refractivity (Wildman–Crippen MR) is 40.6 cm³/mol. The van der Waals surface area contributed by atoms with Gasteiger partial charge in [0, 0.05) is 12.0 Å². The molecule has 0 unspecified atom stereocenters. The van der Waals surface area contributed by atoms with Gasteiger partial charge in [-0.25, -0.2) is 4.79 Å². The van der Waals surface area contributed by atoms with E-state index in [1.54, 1.807) is 12.2 Å². The fourth-order valence-electron chi connectivity index (χ4n) is 0.938. The van der Waals surface area contributed by atoms with Crippen molar-refractivity contribution in [2.24, 2.45) is 11.5 Å². The minimum atomic E-state index is -0.998. The molecule has 0 saturated heterocycles. The second-order valence-electron chi connectivity index (χ2n) is 2.65. The molecule has 4 heteroatoms. The molecule has 0 heterocycles. The Balaban J connectivity index is 2.81. The van der Waals surface area contributed by atoms with Crippen molar-refractivity contribution in [1.29, 1.82) is 0 Å². The summed E-state index contributed by atoms with van der Waals surface area (Å²) in [6, 6.07) is 0. The Bertz CT molecular complexity index is 241. The van der Waals surface area contributed by atoms with E-state index in [0.29, 0.717) is 0 Å². The lowest BCUT2D eigenvalue weighted by atomic mass is 9.96. The topological polar surface area (TPSA) is 89.3 Å². The summed E-state index contributed by atoms with van der Waals surface area (Å²) in [4.78, 5) is 10.4. The van der Waals surface area contributed by atoms with Crippen LogP contribution in [-0.4, -0.2) is 16.7 Å². The third kappa shape index (κ3) is 1.89. The molecule has 60 valence electrons. The van der Waals surface area contributed by atoms with Gasteiger partial charge in [0.15, 0.2) is 0 Å². The van der Waals surface area contributed by atoms with Gasteiger partial charge in [-0.3, -0.25) is 0 Å². The first-order valence-corrected chi connectivity index (χ1v) is 3.21. The van der Waals surface area contributed by atoms with Crippen molar-refractivity contribution in [2.75, 3.05) is 0 Å². The highest BCUT2D eigenvalue weighted by Gasteiger charge is 2.22. The molecular formula is C7H10N2O2. The van der Waals surface area contributed by atoms with Crippen LogP contribution in [0.15, 0.2) is 23.8 Å². The number of carboxylic acids is 1. The molecule has 0 aromatic carbocycles. The van der Waals surface area contributed by atoms with Crippen LogP contribution in [0.1, 0.15) is 6.42 Å². The largest absolute Gasteiger partial charge is 0.478 e. The number of hydrogen-bond acceptors (Lipinski definition) is 3. The van der Waals surface area contributed by atoms with Crippen molar-refractivity contribution in [1.82, 2.24) is 0 Å². The molecule has 0 aliphatic heterocycles. The molecule has 0 aromatic rings. The van der Waals surface area contributed by atoms with E-state index in [4.69, 9.17) is 16.6 Å². The van der Waals surface area contributed by atoms with Crippen molar-refractivity contribution >= 4 is 5.97 Å². The van der Waals surface area contributed by atoms with Crippen LogP contribution >= 0.6 is 0 Å². The first-order valence-electron chi connectivity index (χ1n) is 3.21. The maximum Gasteiger partial charge on any atom is 0.331 e. The van der Waals surface area contributed by atoms with E-state index < -0.39 is 11.6 Å². The van der Waals surface area contributed by atoms with Crippen molar-refractivity contribution in [2.45, 2.75) is 12.1 Å². The predicted octanol–water partition coefficient (Wildman–Crippen LogP) is -0.429. The van der Waals surface area contributed by atoms with Gasteiger partial charge in [-0.15, -0.1) is 0 Å². The molecule has 0 fully saturated rings. The van der Waals surface area contributed by atoms with E-state index in [9.17, 15) is 4.79 Å². The lowest BCUT2D eigenvalue weighted by Gasteiger charge is -2.22. The van der Waals surface area contributed by atoms with Crippen molar-refractivity contribution in [3.63, 3.8) is 0 Å². The van der Waals surface area contributed by atoms with Gasteiger partial charge in [-0.2, -0.15) is 0 Å². The maximum atomic E-state index is 10.4. The molecule has 4 nitrogen and oxygen atoms in total. The Morgan fingerprint density at radius 3 is 2.64 bits per heavy atom. The summed E-state index contributed by atoms with van der Waals surface area (Å²) < 4.78 is 0. The van der Waals surface area contributed by atoms with E-state index in [1.807, 2.05) is 0 Å². The standard InChI is InChI=1S/C7H10N2O2/c8-7(9)3-1-2-5(4-7)6(10)11/h1-3H,4,8-9H2,(H,10,11). The molecular weight excluding hydrogens is 144 g/mol. The van der Waals surface area contributed by atoms with Crippen molar-refractivity contribution < 1.29 is 9.90 Å². The van der Waals surface area contributed by atoms with Crippen LogP contribution in [0.2, 0.25) is 0 Å². The van der Waals surface area contributed by atoms with Crippen LogP contribution in [0.4, 0.5) is 0 Å². The summed E-state index contributed by atoms with van der Waals surface area (Å²) in [5.74, 6) is -0.963. The third-order valence-corrected chi connectivity index (χ3v) is 1.48. The smallest absolute Gasteiger partial charge is 0.331 e. The average molecular weight is 154 g/mol. The van der Waals surface area contributed by atoms with Gasteiger partial charge in [0.1, 0.15) is 0 Å². The molecule has 0 atom stereocenters. The van der Waals surface area contributed by atoms with Gasteiger partial charge < -0.3 is 16.6 Å². The fourth-order valence-corrected chi connectivity index (χ4v) is 0.938. The minimum absolute atomic E-state index is 0.179. The maximum absolute atomic E-state index is 10.4. The third-order valence-electron chi connectivity index (χ3n) is 1.48. The first kappa shape index (κ1) is 7.97. The summed E-state index contributed by atoms with van der Waals surface area (Å²) in [6.07, 6.45) is 4.82. The van der Waals surface area contributed by atoms with E-state index in [1.165, 1.54) is 6.08 Å². The Labute approximate surface area is 64.2 Å². The molecule has 1 aliphatic rings. The Kier molecular flexibility index (Phi) is 1.80. The highest BCUT2D eigenvalue weighted by Crippen LogP contribution is 2.15. The second-order valence-corrected chi connectivity index (χ2v) is 2.65. The molecule has 0 spiro atoms. The highest BCUT2D eigenvalue weighted by molar-refractivity contribution is 5.87. The number of hydrogen-bond donors (Lipinski definition) is 3. The summed E-state index contributed by atoms with van der Waals surface area (Å²) in [5, 5.41) is 8.56. The number of nitrogens with two attached hydrogens (primary N) is 2. The van der Waals surface area contributed by atoms with Gasteiger partial charge in [-0.1, -0.05) is 18.2 Å². The van der Waals surface area contributed by atoms with Gasteiger partial charge in [0.2, 0.25) is 0 Å². The lowest BCUT2D eigenvalue weighted by molar-refractivity contribution is -0.132. The minimum Gasteiger partial charge on any atom is -0.478 e. The monoisotopic (exact) mass is 154 g/mol. The first-order chi connectivity index (χ1) is 5.01. The lowest BCUT2D eigenvalue weighted by Crippen LogP contribution is -2.48. The van der Waals surface area contributed by atoms with Gasteiger partial charge in [0.05, 0.1) is 5.66 Å². The molecule has 1 aliphatic carbocycles. The van der Waals surface area contributed by atoms with Crippen LogP contribution in [0, 0.1) is 0 Å². The van der Waals surface area contributed by atoms with E-state index in [-0.39, 0.29) is 12.0 Å². The van der Waals surface area contributed by atoms with E-state index in [0.717, 1.165) is 0 Å². The summed E-state index contributed by atoms with van der Waals surface area (Å²) >= 11 is 0. The van der Waals surface area contributed by atoms with Crippen molar-refractivity contribution in [3.8, 4) is 0 Å². The van der Waals surface area contributed by atoms with Crippen LogP contribution in [0.5, 0.6) is 0 Å². The highest BCUT2D eigenvalue weighted by atomic mass is 16.4. The normalized spacial score (nSPS) is 21.1. The SMILES string of the molecule is NC1(N)C=CC=C(C(=O)O)C1. The molecule has 0 aromatic heterocycles. The fraction of sp³-hybridized carbons (Fsp3) is 0.286. The molecule has 0 radical (unpaired) electrons. The zero-order chi connectivity index (χ0) is 8.48. The van der Waals surface area contributed by atoms with Crippen molar-refractivity contribution in [3.05, 3.63) is 23.8 Å². The number of carboxylic acid groups (broad SMARTS) is 1. The van der Waals surface area contributed by atoms with Crippen LogP contribution in [-0.2, 0) is 4.79 Å². The number of allylic oxidation sites excluding steroid dienone is 2. The Morgan fingerprint density at radius 2 is 2.27 bits per heavy atom. The Hall–Kier alpha value is -1.13. The summed E-state index contributed by atoms with van der Waals surface area (Å²) in [7, 11) is 0. The summed E-state index contributed by atoms with van der Waals surface area (Å²) in [6.45, 7) is 0. The molecule has 0 amide bonds. The molecule has 1 rings (SSSR count).